The molecule has 1 nitrogen and oxygen atoms in total. The van der Waals surface area contributed by atoms with Gasteiger partial charge in [-0.25, -0.2) is 0 Å². The molecule has 0 saturated carbocycles. The summed E-state index contributed by atoms with van der Waals surface area (Å²) in [5.41, 5.74) is 2.13. The summed E-state index contributed by atoms with van der Waals surface area (Å²) in [5, 5.41) is 1.81. The summed E-state index contributed by atoms with van der Waals surface area (Å²) in [4.78, 5) is 4.54. The second-order valence-electron chi connectivity index (χ2n) is 3.36. The Kier molecular flexibility index (Phi) is 2.69. The number of aryl methyl sites for hydroxylation is 1. The van der Waals surface area contributed by atoms with Crippen LogP contribution in [0.15, 0.2) is 30.3 Å². The number of pyridine rings is 1. The number of benzene rings is 1. The molecule has 0 radical (unpaired) electrons. The Hall–Kier alpha value is -1.08. The fraction of sp³-hybridized carbons (Fsp3) is 0.250. The van der Waals surface area contributed by atoms with Gasteiger partial charge in [0, 0.05) is 16.1 Å². The molecular formula is C12H12ClN. The van der Waals surface area contributed by atoms with Gasteiger partial charge in [-0.05, 0) is 30.7 Å². The third-order valence-corrected chi connectivity index (χ3v) is 2.57. The molecule has 0 bridgehead atoms. The van der Waals surface area contributed by atoms with Gasteiger partial charge in [-0.15, -0.1) is 0 Å². The Labute approximate surface area is 88.7 Å². The van der Waals surface area contributed by atoms with Crippen LogP contribution in [0.5, 0.6) is 0 Å². The van der Waals surface area contributed by atoms with E-state index in [9.17, 15) is 0 Å². The van der Waals surface area contributed by atoms with Gasteiger partial charge in [-0.2, -0.15) is 0 Å². The average Bonchev–Trinajstić information content (AvgIpc) is 2.18. The number of fused-ring (bicyclic) bond motifs is 1. The van der Waals surface area contributed by atoms with Gasteiger partial charge < -0.3 is 0 Å². The first kappa shape index (κ1) is 9.47. The molecule has 0 unspecified atom stereocenters. The summed E-state index contributed by atoms with van der Waals surface area (Å²) in [6.07, 6.45) is 2.15. The third kappa shape index (κ3) is 1.73. The van der Waals surface area contributed by atoms with Crippen molar-refractivity contribution in [2.75, 3.05) is 0 Å². The normalized spacial score (nSPS) is 10.7. The van der Waals surface area contributed by atoms with E-state index in [1.54, 1.807) is 0 Å². The minimum atomic E-state index is 0.776. The molecule has 0 aliphatic rings. The number of hydrogen-bond donors (Lipinski definition) is 0. The molecule has 0 saturated heterocycles. The highest BCUT2D eigenvalue weighted by Gasteiger charge is 2.00. The maximum atomic E-state index is 6.05. The van der Waals surface area contributed by atoms with Crippen LogP contribution < -0.4 is 0 Å². The summed E-state index contributed by atoms with van der Waals surface area (Å²) in [7, 11) is 0. The van der Waals surface area contributed by atoms with E-state index in [0.29, 0.717) is 0 Å². The zero-order chi connectivity index (χ0) is 9.97. The Balaban J connectivity index is 2.56. The lowest BCUT2D eigenvalue weighted by Crippen LogP contribution is -1.89. The molecule has 72 valence electrons. The van der Waals surface area contributed by atoms with E-state index in [1.807, 2.05) is 18.2 Å². The van der Waals surface area contributed by atoms with Crippen LogP contribution in [0.3, 0.4) is 0 Å². The van der Waals surface area contributed by atoms with Gasteiger partial charge in [0.05, 0.1) is 5.52 Å². The van der Waals surface area contributed by atoms with Gasteiger partial charge in [-0.3, -0.25) is 4.98 Å². The number of halogens is 1. The van der Waals surface area contributed by atoms with Gasteiger partial charge in [0.1, 0.15) is 0 Å². The van der Waals surface area contributed by atoms with Gasteiger partial charge in [-0.1, -0.05) is 31.0 Å². The quantitative estimate of drug-likeness (QED) is 0.726. The van der Waals surface area contributed by atoms with Gasteiger partial charge in [0.15, 0.2) is 0 Å². The average molecular weight is 206 g/mol. The minimum Gasteiger partial charge on any atom is -0.253 e. The molecule has 0 aliphatic carbocycles. The molecule has 1 aromatic heterocycles. The molecule has 2 aromatic rings. The van der Waals surface area contributed by atoms with Crippen molar-refractivity contribution in [3.63, 3.8) is 0 Å². The SMILES string of the molecule is CCCc1ccc2c(Cl)cccc2n1. The summed E-state index contributed by atoms with van der Waals surface area (Å²) in [6.45, 7) is 2.16. The molecule has 0 fully saturated rings. The smallest absolute Gasteiger partial charge is 0.0720 e. The molecule has 0 spiro atoms. The Morgan fingerprint density at radius 1 is 1.21 bits per heavy atom. The summed E-state index contributed by atoms with van der Waals surface area (Å²) in [5.74, 6) is 0. The molecule has 0 N–H and O–H groups in total. The third-order valence-electron chi connectivity index (χ3n) is 2.24. The Morgan fingerprint density at radius 3 is 2.86 bits per heavy atom. The first-order chi connectivity index (χ1) is 6.81. The fourth-order valence-electron chi connectivity index (χ4n) is 1.56. The van der Waals surface area contributed by atoms with Crippen LogP contribution in [0.4, 0.5) is 0 Å². The van der Waals surface area contributed by atoms with Gasteiger partial charge in [0.2, 0.25) is 0 Å². The molecule has 2 heteroatoms. The van der Waals surface area contributed by atoms with Crippen LogP contribution in [0.2, 0.25) is 5.02 Å². The van der Waals surface area contributed by atoms with Crippen molar-refractivity contribution in [3.8, 4) is 0 Å². The van der Waals surface area contributed by atoms with Crippen LogP contribution in [-0.2, 0) is 6.42 Å². The zero-order valence-electron chi connectivity index (χ0n) is 8.13. The van der Waals surface area contributed by atoms with Crippen LogP contribution >= 0.6 is 11.6 Å². The van der Waals surface area contributed by atoms with Crippen molar-refractivity contribution in [2.45, 2.75) is 19.8 Å². The molecule has 1 heterocycles. The highest BCUT2D eigenvalue weighted by atomic mass is 35.5. The van der Waals surface area contributed by atoms with Crippen LogP contribution in [0.1, 0.15) is 19.0 Å². The lowest BCUT2D eigenvalue weighted by Gasteiger charge is -2.02. The molecule has 0 atom stereocenters. The predicted molar refractivity (Wildman–Crippen MR) is 60.7 cm³/mol. The van der Waals surface area contributed by atoms with Crippen molar-refractivity contribution in [1.82, 2.24) is 4.98 Å². The van der Waals surface area contributed by atoms with E-state index in [-0.39, 0.29) is 0 Å². The topological polar surface area (TPSA) is 12.9 Å². The van der Waals surface area contributed by atoms with Crippen molar-refractivity contribution >= 4 is 22.5 Å². The molecule has 14 heavy (non-hydrogen) atoms. The minimum absolute atomic E-state index is 0.776. The van der Waals surface area contributed by atoms with Gasteiger partial charge in [0.25, 0.3) is 0 Å². The van der Waals surface area contributed by atoms with Crippen molar-refractivity contribution in [1.29, 1.82) is 0 Å². The maximum Gasteiger partial charge on any atom is 0.0720 e. The summed E-state index contributed by atoms with van der Waals surface area (Å²) < 4.78 is 0. The first-order valence-corrected chi connectivity index (χ1v) is 5.23. The van der Waals surface area contributed by atoms with Crippen LogP contribution in [0.25, 0.3) is 10.9 Å². The van der Waals surface area contributed by atoms with Crippen molar-refractivity contribution < 1.29 is 0 Å². The lowest BCUT2D eigenvalue weighted by molar-refractivity contribution is 0.890. The van der Waals surface area contributed by atoms with E-state index in [4.69, 9.17) is 11.6 Å². The molecule has 2 rings (SSSR count). The van der Waals surface area contributed by atoms with E-state index in [2.05, 4.69) is 24.0 Å². The zero-order valence-corrected chi connectivity index (χ0v) is 8.88. The van der Waals surface area contributed by atoms with E-state index < -0.39 is 0 Å². The molecule has 0 aliphatic heterocycles. The fourth-order valence-corrected chi connectivity index (χ4v) is 1.79. The Bertz CT molecular complexity index is 451. The molecular weight excluding hydrogens is 194 g/mol. The van der Waals surface area contributed by atoms with Crippen LogP contribution in [0, 0.1) is 0 Å². The number of hydrogen-bond acceptors (Lipinski definition) is 1. The van der Waals surface area contributed by atoms with Crippen molar-refractivity contribution in [3.05, 3.63) is 41.0 Å². The highest BCUT2D eigenvalue weighted by Crippen LogP contribution is 2.22. The van der Waals surface area contributed by atoms with E-state index in [1.165, 1.54) is 0 Å². The molecule has 1 aromatic carbocycles. The van der Waals surface area contributed by atoms with Gasteiger partial charge >= 0.3 is 0 Å². The number of aromatic nitrogens is 1. The van der Waals surface area contributed by atoms with Crippen LogP contribution in [-0.4, -0.2) is 4.98 Å². The van der Waals surface area contributed by atoms with Crippen molar-refractivity contribution in [2.24, 2.45) is 0 Å². The highest BCUT2D eigenvalue weighted by molar-refractivity contribution is 6.35. The number of rotatable bonds is 2. The van der Waals surface area contributed by atoms with E-state index in [0.717, 1.165) is 34.5 Å². The monoisotopic (exact) mass is 205 g/mol. The second kappa shape index (κ2) is 3.97. The van der Waals surface area contributed by atoms with E-state index >= 15 is 0 Å². The second-order valence-corrected chi connectivity index (χ2v) is 3.77. The summed E-state index contributed by atoms with van der Waals surface area (Å²) in [6, 6.07) is 9.94. The maximum absolute atomic E-state index is 6.05. The predicted octanol–water partition coefficient (Wildman–Crippen LogP) is 3.84. The first-order valence-electron chi connectivity index (χ1n) is 4.85. The Morgan fingerprint density at radius 2 is 2.07 bits per heavy atom. The number of nitrogens with zero attached hydrogens (tertiary/aromatic N) is 1. The lowest BCUT2D eigenvalue weighted by atomic mass is 10.1. The summed E-state index contributed by atoms with van der Waals surface area (Å²) >= 11 is 6.05. The standard InChI is InChI=1S/C12H12ClN/c1-2-4-9-7-8-10-11(13)5-3-6-12(10)14-9/h3,5-8H,2,4H2,1H3. The largest absolute Gasteiger partial charge is 0.253 e. The molecule has 0 amide bonds.